The molecule has 0 saturated heterocycles. The first-order valence-electron chi connectivity index (χ1n) is 5.39. The fourth-order valence-corrected chi connectivity index (χ4v) is 2.04. The summed E-state index contributed by atoms with van der Waals surface area (Å²) in [5, 5.41) is 0. The lowest BCUT2D eigenvalue weighted by atomic mass is 9.91. The van der Waals surface area contributed by atoms with Gasteiger partial charge in [0, 0.05) is 6.04 Å². The lowest BCUT2D eigenvalue weighted by molar-refractivity contribution is 0.618. The quantitative estimate of drug-likeness (QED) is 0.749. The van der Waals surface area contributed by atoms with Crippen LogP contribution in [0.3, 0.4) is 0 Å². The first-order chi connectivity index (χ1) is 7.16. The Morgan fingerprint density at radius 1 is 1.40 bits per heavy atom. The van der Waals surface area contributed by atoms with E-state index in [0.717, 1.165) is 24.8 Å². The van der Waals surface area contributed by atoms with Crippen molar-refractivity contribution in [1.82, 2.24) is 0 Å². The number of benzene rings is 1. The zero-order chi connectivity index (χ0) is 10.8. The number of nitrogens with two attached hydrogens (primary N) is 1. The SMILES string of the molecule is Cc1cc(C2=CC(N)CCC2)ccc1F. The van der Waals surface area contributed by atoms with Crippen molar-refractivity contribution >= 4 is 5.57 Å². The molecular formula is C13H16FN. The van der Waals surface area contributed by atoms with Crippen molar-refractivity contribution < 1.29 is 4.39 Å². The van der Waals surface area contributed by atoms with Gasteiger partial charge < -0.3 is 5.73 Å². The molecule has 15 heavy (non-hydrogen) atoms. The fourth-order valence-electron chi connectivity index (χ4n) is 2.04. The van der Waals surface area contributed by atoms with Gasteiger partial charge in [-0.15, -0.1) is 0 Å². The third kappa shape index (κ3) is 2.26. The highest BCUT2D eigenvalue weighted by atomic mass is 19.1. The number of aryl methyl sites for hydroxylation is 1. The minimum Gasteiger partial charge on any atom is -0.324 e. The summed E-state index contributed by atoms with van der Waals surface area (Å²) in [5.41, 5.74) is 8.96. The van der Waals surface area contributed by atoms with E-state index in [1.165, 1.54) is 11.6 Å². The molecule has 1 aromatic rings. The van der Waals surface area contributed by atoms with Gasteiger partial charge in [-0.3, -0.25) is 0 Å². The lowest BCUT2D eigenvalue weighted by Gasteiger charge is -2.18. The molecule has 0 bridgehead atoms. The molecule has 1 unspecified atom stereocenters. The molecule has 0 aromatic heterocycles. The van der Waals surface area contributed by atoms with E-state index in [0.29, 0.717) is 5.56 Å². The minimum absolute atomic E-state index is 0.139. The first kappa shape index (κ1) is 10.4. The summed E-state index contributed by atoms with van der Waals surface area (Å²) < 4.78 is 13.1. The van der Waals surface area contributed by atoms with Crippen LogP contribution in [0.5, 0.6) is 0 Å². The van der Waals surface area contributed by atoms with Gasteiger partial charge in [-0.05, 0) is 55.0 Å². The molecule has 2 rings (SSSR count). The van der Waals surface area contributed by atoms with Gasteiger partial charge in [0.05, 0.1) is 0 Å². The Hall–Kier alpha value is -1.15. The summed E-state index contributed by atoms with van der Waals surface area (Å²) >= 11 is 0. The van der Waals surface area contributed by atoms with Crippen LogP contribution in [0.4, 0.5) is 4.39 Å². The third-order valence-corrected chi connectivity index (χ3v) is 2.93. The second kappa shape index (κ2) is 4.15. The van der Waals surface area contributed by atoms with Gasteiger partial charge in [0.1, 0.15) is 5.82 Å². The highest BCUT2D eigenvalue weighted by molar-refractivity contribution is 5.67. The zero-order valence-corrected chi connectivity index (χ0v) is 8.96. The van der Waals surface area contributed by atoms with E-state index < -0.39 is 0 Å². The molecule has 0 saturated carbocycles. The van der Waals surface area contributed by atoms with E-state index in [1.54, 1.807) is 6.92 Å². The lowest BCUT2D eigenvalue weighted by Crippen LogP contribution is -2.20. The smallest absolute Gasteiger partial charge is 0.126 e. The highest BCUT2D eigenvalue weighted by Crippen LogP contribution is 2.27. The Morgan fingerprint density at radius 3 is 2.87 bits per heavy atom. The van der Waals surface area contributed by atoms with Gasteiger partial charge in [-0.25, -0.2) is 4.39 Å². The molecule has 0 heterocycles. The molecule has 0 fully saturated rings. The first-order valence-corrected chi connectivity index (χ1v) is 5.39. The summed E-state index contributed by atoms with van der Waals surface area (Å²) in [6, 6.07) is 5.44. The third-order valence-electron chi connectivity index (χ3n) is 2.93. The summed E-state index contributed by atoms with van der Waals surface area (Å²) in [7, 11) is 0. The molecule has 2 heteroatoms. The molecule has 0 amide bonds. The van der Waals surface area contributed by atoms with E-state index in [2.05, 4.69) is 6.08 Å². The summed E-state index contributed by atoms with van der Waals surface area (Å²) in [6.45, 7) is 1.79. The maximum atomic E-state index is 13.1. The Morgan fingerprint density at radius 2 is 2.20 bits per heavy atom. The van der Waals surface area contributed by atoms with E-state index >= 15 is 0 Å². The standard InChI is InChI=1S/C13H16FN/c1-9-7-11(5-6-13(9)14)10-3-2-4-12(15)8-10/h5-8,12H,2-4,15H2,1H3. The second-order valence-corrected chi connectivity index (χ2v) is 4.21. The van der Waals surface area contributed by atoms with E-state index in [9.17, 15) is 4.39 Å². The number of allylic oxidation sites excluding steroid dienone is 1. The summed E-state index contributed by atoms with van der Waals surface area (Å²) in [5.74, 6) is -0.139. The van der Waals surface area contributed by atoms with Crippen molar-refractivity contribution in [3.05, 3.63) is 41.2 Å². The molecule has 1 aromatic carbocycles. The van der Waals surface area contributed by atoms with Crippen molar-refractivity contribution in [1.29, 1.82) is 0 Å². The Labute approximate surface area is 89.8 Å². The van der Waals surface area contributed by atoms with Gasteiger partial charge in [0.15, 0.2) is 0 Å². The van der Waals surface area contributed by atoms with Gasteiger partial charge in [0.25, 0.3) is 0 Å². The van der Waals surface area contributed by atoms with Crippen LogP contribution >= 0.6 is 0 Å². The van der Waals surface area contributed by atoms with Crippen molar-refractivity contribution in [2.75, 3.05) is 0 Å². The molecule has 80 valence electrons. The maximum Gasteiger partial charge on any atom is 0.126 e. The number of hydrogen-bond acceptors (Lipinski definition) is 1. The van der Waals surface area contributed by atoms with Crippen molar-refractivity contribution in [2.24, 2.45) is 5.73 Å². The van der Waals surface area contributed by atoms with Crippen LogP contribution in [-0.2, 0) is 0 Å². The monoisotopic (exact) mass is 205 g/mol. The van der Waals surface area contributed by atoms with E-state index in [1.807, 2.05) is 12.1 Å². The van der Waals surface area contributed by atoms with Crippen LogP contribution in [0.15, 0.2) is 24.3 Å². The summed E-state index contributed by atoms with van der Waals surface area (Å²) in [6.07, 6.45) is 5.35. The van der Waals surface area contributed by atoms with Crippen LogP contribution in [0, 0.1) is 12.7 Å². The molecule has 2 N–H and O–H groups in total. The number of halogens is 1. The molecule has 0 radical (unpaired) electrons. The predicted octanol–water partition coefficient (Wildman–Crippen LogP) is 3.03. The number of rotatable bonds is 1. The Kier molecular flexibility index (Phi) is 2.87. The van der Waals surface area contributed by atoms with E-state index in [4.69, 9.17) is 5.73 Å². The van der Waals surface area contributed by atoms with Crippen molar-refractivity contribution in [3.8, 4) is 0 Å². The normalized spacial score (nSPS) is 21.3. The predicted molar refractivity (Wildman–Crippen MR) is 60.9 cm³/mol. The molecule has 1 aliphatic carbocycles. The largest absolute Gasteiger partial charge is 0.324 e. The van der Waals surface area contributed by atoms with E-state index in [-0.39, 0.29) is 11.9 Å². The average molecular weight is 205 g/mol. The van der Waals surface area contributed by atoms with Crippen molar-refractivity contribution in [2.45, 2.75) is 32.2 Å². The van der Waals surface area contributed by atoms with Crippen LogP contribution in [0.1, 0.15) is 30.4 Å². The molecule has 1 aliphatic rings. The number of hydrogen-bond donors (Lipinski definition) is 1. The van der Waals surface area contributed by atoms with Crippen LogP contribution in [-0.4, -0.2) is 6.04 Å². The van der Waals surface area contributed by atoms with Crippen LogP contribution < -0.4 is 5.73 Å². The van der Waals surface area contributed by atoms with Gasteiger partial charge >= 0.3 is 0 Å². The Balaban J connectivity index is 2.33. The minimum atomic E-state index is -0.139. The molecule has 1 nitrogen and oxygen atoms in total. The fraction of sp³-hybridized carbons (Fsp3) is 0.385. The van der Waals surface area contributed by atoms with Gasteiger partial charge in [0.2, 0.25) is 0 Å². The molecular weight excluding hydrogens is 189 g/mol. The topological polar surface area (TPSA) is 26.0 Å². The van der Waals surface area contributed by atoms with Crippen molar-refractivity contribution in [3.63, 3.8) is 0 Å². The van der Waals surface area contributed by atoms with Gasteiger partial charge in [-0.1, -0.05) is 12.1 Å². The van der Waals surface area contributed by atoms with Gasteiger partial charge in [-0.2, -0.15) is 0 Å². The van der Waals surface area contributed by atoms with Crippen LogP contribution in [0.2, 0.25) is 0 Å². The molecule has 1 atom stereocenters. The molecule has 0 spiro atoms. The highest BCUT2D eigenvalue weighted by Gasteiger charge is 2.11. The maximum absolute atomic E-state index is 13.1. The Bertz CT molecular complexity index is 396. The van der Waals surface area contributed by atoms with Crippen LogP contribution in [0.25, 0.3) is 5.57 Å². The summed E-state index contributed by atoms with van der Waals surface area (Å²) in [4.78, 5) is 0. The second-order valence-electron chi connectivity index (χ2n) is 4.21. The molecule has 0 aliphatic heterocycles. The average Bonchev–Trinajstić information content (AvgIpc) is 2.22. The zero-order valence-electron chi connectivity index (χ0n) is 8.96.